The Morgan fingerprint density at radius 2 is 2.17 bits per heavy atom. The summed E-state index contributed by atoms with van der Waals surface area (Å²) < 4.78 is 1.14. The lowest BCUT2D eigenvalue weighted by Gasteiger charge is -2.25. The van der Waals surface area contributed by atoms with Gasteiger partial charge in [0, 0.05) is 47.8 Å². The van der Waals surface area contributed by atoms with Crippen molar-refractivity contribution < 1.29 is 0 Å². The normalized spacial score (nSPS) is 12.4. The quantitative estimate of drug-likeness (QED) is 0.322. The number of aliphatic imine (C=N–C) groups is 1. The predicted octanol–water partition coefficient (Wildman–Crippen LogP) is 3.83. The van der Waals surface area contributed by atoms with Gasteiger partial charge in [0.25, 0.3) is 0 Å². The first-order valence-electron chi connectivity index (χ1n) is 7.62. The maximum atomic E-state index is 4.30. The molecule has 0 amide bonds. The average molecular weight is 369 g/mol. The molecule has 0 unspecified atom stereocenters. The molecule has 7 heteroatoms. The van der Waals surface area contributed by atoms with Crippen LogP contribution in [0.25, 0.3) is 0 Å². The zero-order chi connectivity index (χ0) is 16.5. The molecule has 2 heterocycles. The molecule has 0 fully saturated rings. The largest absolute Gasteiger partial charge is 0.356 e. The minimum Gasteiger partial charge on any atom is -0.356 e. The van der Waals surface area contributed by atoms with E-state index in [1.807, 2.05) is 30.4 Å². The summed E-state index contributed by atoms with van der Waals surface area (Å²) >= 11 is 5.31. The Hall–Kier alpha value is -1.05. The summed E-state index contributed by atoms with van der Waals surface area (Å²) in [6.45, 7) is 6.28. The van der Waals surface area contributed by atoms with E-state index in [2.05, 4.69) is 52.0 Å². The van der Waals surface area contributed by atoms with Gasteiger partial charge in [-0.25, -0.2) is 4.98 Å². The summed E-state index contributed by atoms with van der Waals surface area (Å²) in [5.74, 6) is 1.94. The Morgan fingerprint density at radius 3 is 2.83 bits per heavy atom. The smallest absolute Gasteiger partial charge is 0.191 e. The van der Waals surface area contributed by atoms with Crippen LogP contribution in [0.1, 0.15) is 25.1 Å². The van der Waals surface area contributed by atoms with Crippen molar-refractivity contribution in [2.24, 2.45) is 4.99 Å². The SMILES string of the molecule is CN=C(NCCCSc1nccs1)NCC(C)(C)c1cccs1. The molecule has 2 rings (SSSR count). The van der Waals surface area contributed by atoms with E-state index in [0.29, 0.717) is 0 Å². The van der Waals surface area contributed by atoms with Crippen LogP contribution in [0.2, 0.25) is 0 Å². The first-order chi connectivity index (χ1) is 11.1. The number of guanidine groups is 1. The molecule has 0 saturated carbocycles. The van der Waals surface area contributed by atoms with Gasteiger partial charge >= 0.3 is 0 Å². The van der Waals surface area contributed by atoms with Crippen LogP contribution in [-0.4, -0.2) is 36.8 Å². The highest BCUT2D eigenvalue weighted by atomic mass is 32.2. The van der Waals surface area contributed by atoms with E-state index in [-0.39, 0.29) is 5.41 Å². The monoisotopic (exact) mass is 368 g/mol. The van der Waals surface area contributed by atoms with Crippen LogP contribution >= 0.6 is 34.4 Å². The van der Waals surface area contributed by atoms with E-state index in [4.69, 9.17) is 0 Å². The molecule has 2 N–H and O–H groups in total. The number of rotatable bonds is 8. The molecule has 0 spiro atoms. The van der Waals surface area contributed by atoms with Gasteiger partial charge in [0.05, 0.1) is 0 Å². The van der Waals surface area contributed by atoms with Gasteiger partial charge < -0.3 is 10.6 Å². The molecule has 0 radical (unpaired) electrons. The standard InChI is InChI=1S/C16H24N4S3/c1-16(2,13-6-4-9-21-13)12-20-14(17-3)18-7-5-10-22-15-19-8-11-23-15/h4,6,8-9,11H,5,7,10,12H2,1-3H3,(H2,17,18,20). The Bertz CT molecular complexity index is 577. The number of thioether (sulfide) groups is 1. The maximum Gasteiger partial charge on any atom is 0.191 e. The summed E-state index contributed by atoms with van der Waals surface area (Å²) in [5.41, 5.74) is 0.104. The van der Waals surface area contributed by atoms with Crippen LogP contribution in [0.15, 0.2) is 38.4 Å². The highest BCUT2D eigenvalue weighted by molar-refractivity contribution is 8.00. The van der Waals surface area contributed by atoms with Crippen LogP contribution in [0, 0.1) is 0 Å². The van der Waals surface area contributed by atoms with E-state index in [1.165, 1.54) is 4.88 Å². The van der Waals surface area contributed by atoms with Crippen LogP contribution < -0.4 is 10.6 Å². The average Bonchev–Trinajstić information content (AvgIpc) is 3.23. The number of nitrogens with one attached hydrogen (secondary N) is 2. The van der Waals surface area contributed by atoms with Gasteiger partial charge in [-0.3, -0.25) is 4.99 Å². The molecular weight excluding hydrogens is 344 g/mol. The Labute approximate surface area is 150 Å². The third-order valence-corrected chi connectivity index (χ3v) is 6.65. The van der Waals surface area contributed by atoms with E-state index < -0.39 is 0 Å². The van der Waals surface area contributed by atoms with E-state index >= 15 is 0 Å². The maximum absolute atomic E-state index is 4.30. The molecule has 0 atom stereocenters. The second kappa shape index (κ2) is 9.30. The van der Waals surface area contributed by atoms with Crippen LogP contribution in [0.4, 0.5) is 0 Å². The van der Waals surface area contributed by atoms with Crippen molar-refractivity contribution in [2.75, 3.05) is 25.9 Å². The van der Waals surface area contributed by atoms with Crippen molar-refractivity contribution in [3.63, 3.8) is 0 Å². The number of aromatic nitrogens is 1. The summed E-state index contributed by atoms with van der Waals surface area (Å²) in [6.07, 6.45) is 2.94. The summed E-state index contributed by atoms with van der Waals surface area (Å²) in [6, 6.07) is 4.30. The van der Waals surface area contributed by atoms with Gasteiger partial charge in [-0.05, 0) is 17.9 Å². The van der Waals surface area contributed by atoms with Gasteiger partial charge in [-0.15, -0.1) is 22.7 Å². The van der Waals surface area contributed by atoms with Gasteiger partial charge in [0.2, 0.25) is 0 Å². The topological polar surface area (TPSA) is 49.3 Å². The number of thiophene rings is 1. The summed E-state index contributed by atoms with van der Waals surface area (Å²) in [4.78, 5) is 9.96. The van der Waals surface area contributed by atoms with Gasteiger partial charge in [-0.2, -0.15) is 0 Å². The molecule has 0 aliphatic rings. The van der Waals surface area contributed by atoms with Gasteiger partial charge in [-0.1, -0.05) is 31.7 Å². The molecule has 0 bridgehead atoms. The van der Waals surface area contributed by atoms with Crippen molar-refractivity contribution in [1.29, 1.82) is 0 Å². The first-order valence-corrected chi connectivity index (χ1v) is 10.4. The minimum atomic E-state index is 0.104. The van der Waals surface area contributed by atoms with Crippen molar-refractivity contribution in [2.45, 2.75) is 30.0 Å². The zero-order valence-electron chi connectivity index (χ0n) is 13.8. The van der Waals surface area contributed by atoms with Crippen LogP contribution in [-0.2, 0) is 5.41 Å². The molecular formula is C16H24N4S3. The summed E-state index contributed by atoms with van der Waals surface area (Å²) in [5, 5.41) is 11.0. The lowest BCUT2D eigenvalue weighted by atomic mass is 9.91. The van der Waals surface area contributed by atoms with Crippen molar-refractivity contribution in [3.8, 4) is 0 Å². The molecule has 0 aliphatic carbocycles. The van der Waals surface area contributed by atoms with Crippen LogP contribution in [0.5, 0.6) is 0 Å². The number of nitrogens with zero attached hydrogens (tertiary/aromatic N) is 2. The van der Waals surface area contributed by atoms with Crippen molar-refractivity contribution >= 4 is 40.4 Å². The van der Waals surface area contributed by atoms with E-state index in [1.54, 1.807) is 22.7 Å². The molecule has 0 saturated heterocycles. The lowest BCUT2D eigenvalue weighted by Crippen LogP contribution is -2.43. The fourth-order valence-corrected chi connectivity index (χ4v) is 4.50. The Kier molecular flexibility index (Phi) is 7.39. The third kappa shape index (κ3) is 6.16. The molecule has 0 aromatic carbocycles. The van der Waals surface area contributed by atoms with Gasteiger partial charge in [0.15, 0.2) is 5.96 Å². The molecule has 0 aliphatic heterocycles. The summed E-state index contributed by atoms with van der Waals surface area (Å²) in [7, 11) is 1.82. The lowest BCUT2D eigenvalue weighted by molar-refractivity contribution is 0.518. The Morgan fingerprint density at radius 1 is 1.30 bits per heavy atom. The van der Waals surface area contributed by atoms with Gasteiger partial charge in [0.1, 0.15) is 4.34 Å². The second-order valence-corrected chi connectivity index (χ2v) is 8.90. The highest BCUT2D eigenvalue weighted by Gasteiger charge is 2.21. The Balaban J connectivity index is 1.65. The first kappa shape index (κ1) is 18.3. The molecule has 2 aromatic rings. The highest BCUT2D eigenvalue weighted by Crippen LogP contribution is 2.26. The van der Waals surface area contributed by atoms with Crippen molar-refractivity contribution in [3.05, 3.63) is 34.0 Å². The fourth-order valence-electron chi connectivity index (χ4n) is 2.00. The number of hydrogen-bond acceptors (Lipinski definition) is 5. The van der Waals surface area contributed by atoms with E-state index in [0.717, 1.165) is 35.6 Å². The van der Waals surface area contributed by atoms with E-state index in [9.17, 15) is 0 Å². The molecule has 4 nitrogen and oxygen atoms in total. The fraction of sp³-hybridized carbons (Fsp3) is 0.500. The predicted molar refractivity (Wildman–Crippen MR) is 104 cm³/mol. The molecule has 2 aromatic heterocycles. The number of hydrogen-bond donors (Lipinski definition) is 2. The molecule has 126 valence electrons. The zero-order valence-corrected chi connectivity index (χ0v) is 16.3. The number of thiazole rings is 1. The van der Waals surface area contributed by atoms with Crippen molar-refractivity contribution in [1.82, 2.24) is 15.6 Å². The third-order valence-electron chi connectivity index (χ3n) is 3.36. The van der Waals surface area contributed by atoms with Crippen LogP contribution in [0.3, 0.4) is 0 Å². The molecule has 23 heavy (non-hydrogen) atoms. The minimum absolute atomic E-state index is 0.104. The second-order valence-electron chi connectivity index (χ2n) is 5.71.